The van der Waals surface area contributed by atoms with Crippen molar-refractivity contribution >= 4 is 0 Å². The lowest BCUT2D eigenvalue weighted by molar-refractivity contribution is 1.13. The SMILES string of the molecule is CCc1cc(C)cc(C#N)c1. The molecule has 0 aliphatic rings. The summed E-state index contributed by atoms with van der Waals surface area (Å²) in [5.74, 6) is 0. The summed E-state index contributed by atoms with van der Waals surface area (Å²) in [6.45, 7) is 4.11. The van der Waals surface area contributed by atoms with Crippen LogP contribution in [0.5, 0.6) is 0 Å². The molecular weight excluding hydrogens is 134 g/mol. The standard InChI is InChI=1S/C10H11N/c1-3-9-4-8(2)5-10(6-9)7-11/h4-6H,3H2,1-2H3. The minimum absolute atomic E-state index is 0.766. The van der Waals surface area contributed by atoms with Gasteiger partial charge in [-0.3, -0.25) is 0 Å². The van der Waals surface area contributed by atoms with Crippen LogP contribution in [0.3, 0.4) is 0 Å². The third-order valence-corrected chi connectivity index (χ3v) is 1.67. The number of aryl methyl sites for hydroxylation is 2. The number of hydrogen-bond donors (Lipinski definition) is 0. The van der Waals surface area contributed by atoms with Crippen LogP contribution in [-0.4, -0.2) is 0 Å². The lowest BCUT2D eigenvalue weighted by Gasteiger charge is -1.98. The highest BCUT2D eigenvalue weighted by atomic mass is 14.2. The first-order chi connectivity index (χ1) is 5.26. The van der Waals surface area contributed by atoms with Crippen molar-refractivity contribution in [3.63, 3.8) is 0 Å². The molecule has 0 fully saturated rings. The van der Waals surface area contributed by atoms with Crippen molar-refractivity contribution in [1.82, 2.24) is 0 Å². The van der Waals surface area contributed by atoms with E-state index < -0.39 is 0 Å². The molecule has 1 rings (SSSR count). The number of rotatable bonds is 1. The number of nitriles is 1. The van der Waals surface area contributed by atoms with Gasteiger partial charge >= 0.3 is 0 Å². The first kappa shape index (κ1) is 7.81. The number of hydrogen-bond acceptors (Lipinski definition) is 1. The Balaban J connectivity index is 3.15. The predicted molar refractivity (Wildman–Crippen MR) is 45.3 cm³/mol. The van der Waals surface area contributed by atoms with Gasteiger partial charge in [-0.25, -0.2) is 0 Å². The van der Waals surface area contributed by atoms with E-state index in [2.05, 4.69) is 19.1 Å². The van der Waals surface area contributed by atoms with Gasteiger partial charge in [-0.2, -0.15) is 5.26 Å². The van der Waals surface area contributed by atoms with Gasteiger partial charge in [0.25, 0.3) is 0 Å². The van der Waals surface area contributed by atoms with E-state index in [4.69, 9.17) is 5.26 Å². The molecule has 0 saturated heterocycles. The van der Waals surface area contributed by atoms with Gasteiger partial charge in [0, 0.05) is 0 Å². The predicted octanol–water partition coefficient (Wildman–Crippen LogP) is 2.43. The second-order valence-corrected chi connectivity index (χ2v) is 2.67. The molecule has 1 nitrogen and oxygen atoms in total. The summed E-state index contributed by atoms with van der Waals surface area (Å²) in [5.41, 5.74) is 3.17. The Bertz CT molecular complexity index is 294. The minimum Gasteiger partial charge on any atom is -0.192 e. The molecule has 11 heavy (non-hydrogen) atoms. The average molecular weight is 145 g/mol. The molecule has 0 atom stereocenters. The van der Waals surface area contributed by atoms with Crippen molar-refractivity contribution in [2.24, 2.45) is 0 Å². The molecule has 1 aromatic carbocycles. The highest BCUT2D eigenvalue weighted by molar-refractivity contribution is 5.36. The van der Waals surface area contributed by atoms with Crippen LogP contribution in [0.2, 0.25) is 0 Å². The number of nitrogens with zero attached hydrogens (tertiary/aromatic N) is 1. The topological polar surface area (TPSA) is 23.8 Å². The van der Waals surface area contributed by atoms with Crippen molar-refractivity contribution in [2.45, 2.75) is 20.3 Å². The molecule has 56 valence electrons. The Hall–Kier alpha value is -1.29. The van der Waals surface area contributed by atoms with Gasteiger partial charge in [-0.1, -0.05) is 13.0 Å². The van der Waals surface area contributed by atoms with Crippen molar-refractivity contribution in [3.05, 3.63) is 34.9 Å². The highest BCUT2D eigenvalue weighted by Gasteiger charge is 1.94. The van der Waals surface area contributed by atoms with E-state index in [0.717, 1.165) is 12.0 Å². The van der Waals surface area contributed by atoms with Crippen LogP contribution in [0.4, 0.5) is 0 Å². The maximum atomic E-state index is 8.63. The van der Waals surface area contributed by atoms with Crippen molar-refractivity contribution in [2.75, 3.05) is 0 Å². The molecule has 0 saturated carbocycles. The largest absolute Gasteiger partial charge is 0.192 e. The molecule has 1 aromatic rings. The van der Waals surface area contributed by atoms with Gasteiger partial charge in [0.1, 0.15) is 0 Å². The Morgan fingerprint density at radius 3 is 2.64 bits per heavy atom. The van der Waals surface area contributed by atoms with Crippen LogP contribution in [0.1, 0.15) is 23.6 Å². The molecular formula is C10H11N. The molecule has 0 aromatic heterocycles. The second kappa shape index (κ2) is 3.21. The Labute approximate surface area is 67.3 Å². The lowest BCUT2D eigenvalue weighted by atomic mass is 10.1. The Morgan fingerprint density at radius 2 is 2.09 bits per heavy atom. The van der Waals surface area contributed by atoms with Crippen LogP contribution in [0, 0.1) is 18.3 Å². The Morgan fingerprint density at radius 1 is 1.36 bits per heavy atom. The van der Waals surface area contributed by atoms with Gasteiger partial charge < -0.3 is 0 Å². The van der Waals surface area contributed by atoms with Crippen LogP contribution in [-0.2, 0) is 6.42 Å². The third-order valence-electron chi connectivity index (χ3n) is 1.67. The summed E-state index contributed by atoms with van der Waals surface area (Å²) in [6, 6.07) is 8.09. The van der Waals surface area contributed by atoms with Crippen molar-refractivity contribution in [3.8, 4) is 6.07 Å². The second-order valence-electron chi connectivity index (χ2n) is 2.67. The molecule has 0 radical (unpaired) electrons. The van der Waals surface area contributed by atoms with Crippen LogP contribution < -0.4 is 0 Å². The van der Waals surface area contributed by atoms with Gasteiger partial charge in [-0.15, -0.1) is 0 Å². The zero-order valence-corrected chi connectivity index (χ0v) is 6.89. The summed E-state index contributed by atoms with van der Waals surface area (Å²) in [7, 11) is 0. The fraction of sp³-hybridized carbons (Fsp3) is 0.300. The van der Waals surface area contributed by atoms with E-state index in [1.165, 1.54) is 11.1 Å². The normalized spacial score (nSPS) is 9.18. The average Bonchev–Trinajstić information content (AvgIpc) is 2.03. The molecule has 0 amide bonds. The van der Waals surface area contributed by atoms with Crippen molar-refractivity contribution in [1.29, 1.82) is 5.26 Å². The van der Waals surface area contributed by atoms with Crippen molar-refractivity contribution < 1.29 is 0 Å². The molecule has 0 bridgehead atoms. The number of benzene rings is 1. The van der Waals surface area contributed by atoms with E-state index in [-0.39, 0.29) is 0 Å². The van der Waals surface area contributed by atoms with Gasteiger partial charge in [0.15, 0.2) is 0 Å². The van der Waals surface area contributed by atoms with Gasteiger partial charge in [0.2, 0.25) is 0 Å². The monoisotopic (exact) mass is 145 g/mol. The van der Waals surface area contributed by atoms with Gasteiger partial charge in [-0.05, 0) is 36.6 Å². The van der Waals surface area contributed by atoms with E-state index in [9.17, 15) is 0 Å². The van der Waals surface area contributed by atoms with Gasteiger partial charge in [0.05, 0.1) is 11.6 Å². The molecule has 0 aliphatic heterocycles. The summed E-state index contributed by atoms with van der Waals surface area (Å²) < 4.78 is 0. The molecule has 0 heterocycles. The van der Waals surface area contributed by atoms with Crippen LogP contribution in [0.25, 0.3) is 0 Å². The summed E-state index contributed by atoms with van der Waals surface area (Å²) in [5, 5.41) is 8.63. The van der Waals surface area contributed by atoms with Crippen LogP contribution >= 0.6 is 0 Å². The summed E-state index contributed by atoms with van der Waals surface area (Å²) in [6.07, 6.45) is 0.996. The highest BCUT2D eigenvalue weighted by Crippen LogP contribution is 2.08. The first-order valence-corrected chi connectivity index (χ1v) is 3.77. The summed E-state index contributed by atoms with van der Waals surface area (Å²) >= 11 is 0. The zero-order chi connectivity index (χ0) is 8.27. The molecule has 0 spiro atoms. The maximum absolute atomic E-state index is 8.63. The molecule has 1 heteroatoms. The molecule has 0 unspecified atom stereocenters. The summed E-state index contributed by atoms with van der Waals surface area (Å²) in [4.78, 5) is 0. The lowest BCUT2D eigenvalue weighted by Crippen LogP contribution is -1.84. The van der Waals surface area contributed by atoms with E-state index in [0.29, 0.717) is 0 Å². The van der Waals surface area contributed by atoms with E-state index in [1.807, 2.05) is 19.1 Å². The first-order valence-electron chi connectivity index (χ1n) is 3.77. The van der Waals surface area contributed by atoms with E-state index in [1.54, 1.807) is 0 Å². The zero-order valence-electron chi connectivity index (χ0n) is 6.89. The quantitative estimate of drug-likeness (QED) is 0.595. The maximum Gasteiger partial charge on any atom is 0.0991 e. The Kier molecular flexibility index (Phi) is 2.28. The fourth-order valence-electron chi connectivity index (χ4n) is 1.13. The van der Waals surface area contributed by atoms with Crippen LogP contribution in [0.15, 0.2) is 18.2 Å². The minimum atomic E-state index is 0.766. The third kappa shape index (κ3) is 1.81. The smallest absolute Gasteiger partial charge is 0.0991 e. The van der Waals surface area contributed by atoms with E-state index >= 15 is 0 Å². The fourth-order valence-corrected chi connectivity index (χ4v) is 1.13. The molecule has 0 N–H and O–H groups in total. The molecule has 0 aliphatic carbocycles.